The fraction of sp³-hybridized carbons (Fsp3) is 0.667. The molecular formula is C9H14N2O2. The molecular weight excluding hydrogens is 168 g/mol. The molecule has 1 aromatic heterocycles. The summed E-state index contributed by atoms with van der Waals surface area (Å²) in [7, 11) is 1.94. The smallest absolute Gasteiger partial charge is 0.102 e. The van der Waals surface area contributed by atoms with Crippen molar-refractivity contribution in [2.45, 2.75) is 25.0 Å². The standard InChI is InChI=1S/C9H14N2O2/c1-11-4-8(10-6-11)9-3-2-7(5-12)13-9/h4,6-7,9,12H,2-3,5H2,1H3. The van der Waals surface area contributed by atoms with E-state index in [1.807, 2.05) is 17.8 Å². The minimum absolute atomic E-state index is 0.00649. The second kappa shape index (κ2) is 3.47. The molecule has 0 aromatic carbocycles. The number of rotatable bonds is 2. The van der Waals surface area contributed by atoms with Crippen LogP contribution in [-0.2, 0) is 11.8 Å². The first-order valence-electron chi connectivity index (χ1n) is 4.54. The van der Waals surface area contributed by atoms with Gasteiger partial charge < -0.3 is 14.4 Å². The molecule has 0 radical (unpaired) electrons. The molecule has 0 amide bonds. The summed E-state index contributed by atoms with van der Waals surface area (Å²) in [6.45, 7) is 0.114. The summed E-state index contributed by atoms with van der Waals surface area (Å²) in [5, 5.41) is 8.89. The van der Waals surface area contributed by atoms with E-state index in [0.717, 1.165) is 18.5 Å². The maximum atomic E-state index is 8.89. The van der Waals surface area contributed by atoms with E-state index in [9.17, 15) is 0 Å². The Bertz CT molecular complexity index is 285. The van der Waals surface area contributed by atoms with Crippen LogP contribution in [0.1, 0.15) is 24.6 Å². The molecule has 2 atom stereocenters. The van der Waals surface area contributed by atoms with Crippen LogP contribution in [0.25, 0.3) is 0 Å². The highest BCUT2D eigenvalue weighted by atomic mass is 16.5. The Morgan fingerprint density at radius 2 is 2.54 bits per heavy atom. The Kier molecular flexibility index (Phi) is 2.33. The Morgan fingerprint density at radius 1 is 1.69 bits per heavy atom. The van der Waals surface area contributed by atoms with Crippen LogP contribution in [0, 0.1) is 0 Å². The van der Waals surface area contributed by atoms with Gasteiger partial charge in [-0.05, 0) is 12.8 Å². The van der Waals surface area contributed by atoms with Gasteiger partial charge in [0.1, 0.15) is 6.10 Å². The number of aromatic nitrogens is 2. The second-order valence-corrected chi connectivity index (χ2v) is 3.47. The summed E-state index contributed by atoms with van der Waals surface area (Å²) < 4.78 is 7.49. The second-order valence-electron chi connectivity index (χ2n) is 3.47. The number of nitrogens with zero attached hydrogens (tertiary/aromatic N) is 2. The van der Waals surface area contributed by atoms with E-state index in [-0.39, 0.29) is 18.8 Å². The van der Waals surface area contributed by atoms with Gasteiger partial charge in [-0.1, -0.05) is 0 Å². The van der Waals surface area contributed by atoms with Crippen molar-refractivity contribution in [3.05, 3.63) is 18.2 Å². The molecule has 4 nitrogen and oxygen atoms in total. The average Bonchev–Trinajstić information content (AvgIpc) is 2.71. The summed E-state index contributed by atoms with van der Waals surface area (Å²) in [6.07, 6.45) is 5.71. The minimum Gasteiger partial charge on any atom is -0.394 e. The lowest BCUT2D eigenvalue weighted by Gasteiger charge is -2.08. The van der Waals surface area contributed by atoms with Gasteiger partial charge in [0.2, 0.25) is 0 Å². The molecule has 1 aliphatic heterocycles. The van der Waals surface area contributed by atoms with Crippen LogP contribution in [0.4, 0.5) is 0 Å². The summed E-state index contributed by atoms with van der Waals surface area (Å²) in [4.78, 5) is 4.22. The number of aliphatic hydroxyl groups excluding tert-OH is 1. The lowest BCUT2D eigenvalue weighted by atomic mass is 10.1. The van der Waals surface area contributed by atoms with E-state index in [0.29, 0.717) is 0 Å². The zero-order valence-electron chi connectivity index (χ0n) is 7.68. The zero-order chi connectivity index (χ0) is 9.26. The highest BCUT2D eigenvalue weighted by molar-refractivity contribution is 5.03. The fourth-order valence-electron chi connectivity index (χ4n) is 1.66. The van der Waals surface area contributed by atoms with Crippen LogP contribution in [0.5, 0.6) is 0 Å². The zero-order valence-corrected chi connectivity index (χ0v) is 7.68. The van der Waals surface area contributed by atoms with Crippen molar-refractivity contribution in [1.29, 1.82) is 0 Å². The van der Waals surface area contributed by atoms with E-state index in [2.05, 4.69) is 4.98 Å². The number of imidazole rings is 1. The molecule has 1 fully saturated rings. The first-order chi connectivity index (χ1) is 6.29. The summed E-state index contributed by atoms with van der Waals surface area (Å²) in [6, 6.07) is 0. The monoisotopic (exact) mass is 182 g/mol. The number of hydrogen-bond acceptors (Lipinski definition) is 3. The van der Waals surface area contributed by atoms with Crippen molar-refractivity contribution < 1.29 is 9.84 Å². The van der Waals surface area contributed by atoms with E-state index in [1.165, 1.54) is 0 Å². The predicted molar refractivity (Wildman–Crippen MR) is 47.1 cm³/mol. The number of aliphatic hydroxyl groups is 1. The molecule has 2 rings (SSSR count). The van der Waals surface area contributed by atoms with Crippen LogP contribution in [0.15, 0.2) is 12.5 Å². The molecule has 4 heteroatoms. The molecule has 1 N–H and O–H groups in total. The van der Waals surface area contributed by atoms with Crippen LogP contribution >= 0.6 is 0 Å². The molecule has 0 spiro atoms. The van der Waals surface area contributed by atoms with Crippen molar-refractivity contribution >= 4 is 0 Å². The van der Waals surface area contributed by atoms with Gasteiger partial charge >= 0.3 is 0 Å². The van der Waals surface area contributed by atoms with E-state index >= 15 is 0 Å². The topological polar surface area (TPSA) is 47.3 Å². The van der Waals surface area contributed by atoms with Gasteiger partial charge in [0.15, 0.2) is 0 Å². The lowest BCUT2D eigenvalue weighted by Crippen LogP contribution is -2.11. The molecule has 13 heavy (non-hydrogen) atoms. The lowest BCUT2D eigenvalue weighted by molar-refractivity contribution is 0.00936. The summed E-state index contributed by atoms with van der Waals surface area (Å²) in [5.41, 5.74) is 0.971. The number of aryl methyl sites for hydroxylation is 1. The van der Waals surface area contributed by atoms with Gasteiger partial charge in [0, 0.05) is 13.2 Å². The average molecular weight is 182 g/mol. The molecule has 2 unspecified atom stereocenters. The third kappa shape index (κ3) is 1.73. The number of hydrogen-bond donors (Lipinski definition) is 1. The summed E-state index contributed by atoms with van der Waals surface area (Å²) >= 11 is 0. The number of ether oxygens (including phenoxy) is 1. The van der Waals surface area contributed by atoms with Crippen LogP contribution in [-0.4, -0.2) is 27.4 Å². The van der Waals surface area contributed by atoms with Crippen molar-refractivity contribution in [3.8, 4) is 0 Å². The van der Waals surface area contributed by atoms with Gasteiger partial charge in [0.25, 0.3) is 0 Å². The van der Waals surface area contributed by atoms with Crippen LogP contribution in [0.3, 0.4) is 0 Å². The minimum atomic E-state index is 0.00649. The van der Waals surface area contributed by atoms with E-state index in [4.69, 9.17) is 9.84 Å². The largest absolute Gasteiger partial charge is 0.394 e. The van der Waals surface area contributed by atoms with Gasteiger partial charge in [-0.15, -0.1) is 0 Å². The highest BCUT2D eigenvalue weighted by Gasteiger charge is 2.27. The first-order valence-corrected chi connectivity index (χ1v) is 4.54. The normalized spacial score (nSPS) is 28.2. The molecule has 2 heterocycles. The van der Waals surface area contributed by atoms with Gasteiger partial charge in [0.05, 0.1) is 24.7 Å². The fourth-order valence-corrected chi connectivity index (χ4v) is 1.66. The molecule has 1 aromatic rings. The predicted octanol–water partition coefficient (Wildman–Crippen LogP) is 0.632. The quantitative estimate of drug-likeness (QED) is 0.729. The molecule has 1 saturated heterocycles. The first kappa shape index (κ1) is 8.72. The van der Waals surface area contributed by atoms with Crippen LogP contribution in [0.2, 0.25) is 0 Å². The maximum absolute atomic E-state index is 8.89. The van der Waals surface area contributed by atoms with Gasteiger partial charge in [-0.25, -0.2) is 4.98 Å². The maximum Gasteiger partial charge on any atom is 0.102 e. The molecule has 0 aliphatic carbocycles. The van der Waals surface area contributed by atoms with Crippen molar-refractivity contribution in [3.63, 3.8) is 0 Å². The Hall–Kier alpha value is -0.870. The molecule has 72 valence electrons. The van der Waals surface area contributed by atoms with Crippen LogP contribution < -0.4 is 0 Å². The van der Waals surface area contributed by atoms with Gasteiger partial charge in [-0.2, -0.15) is 0 Å². The third-order valence-corrected chi connectivity index (χ3v) is 2.37. The highest BCUT2D eigenvalue weighted by Crippen LogP contribution is 2.31. The van der Waals surface area contributed by atoms with E-state index in [1.54, 1.807) is 6.33 Å². The van der Waals surface area contributed by atoms with Crippen molar-refractivity contribution in [2.24, 2.45) is 7.05 Å². The third-order valence-electron chi connectivity index (χ3n) is 2.37. The molecule has 0 bridgehead atoms. The Morgan fingerprint density at radius 3 is 3.08 bits per heavy atom. The SMILES string of the molecule is Cn1cnc(C2CCC(CO)O2)c1. The van der Waals surface area contributed by atoms with Crippen molar-refractivity contribution in [2.75, 3.05) is 6.61 Å². The van der Waals surface area contributed by atoms with E-state index < -0.39 is 0 Å². The summed E-state index contributed by atoms with van der Waals surface area (Å²) in [5.74, 6) is 0. The molecule has 0 saturated carbocycles. The van der Waals surface area contributed by atoms with Gasteiger partial charge in [-0.3, -0.25) is 0 Å². The Balaban J connectivity index is 2.03. The van der Waals surface area contributed by atoms with Crippen molar-refractivity contribution in [1.82, 2.24) is 9.55 Å². The molecule has 1 aliphatic rings. The Labute approximate surface area is 77.2 Å².